The predicted molar refractivity (Wildman–Crippen MR) is 211 cm³/mol. The number of amides is 2. The van der Waals surface area contributed by atoms with Crippen molar-refractivity contribution in [1.82, 2.24) is 24.9 Å². The topological polar surface area (TPSA) is 154 Å². The number of ether oxygens (including phenoxy) is 1. The van der Waals surface area contributed by atoms with Gasteiger partial charge >= 0.3 is 6.09 Å². The molecule has 0 aliphatic heterocycles. The number of sulfonamides is 1. The van der Waals surface area contributed by atoms with Gasteiger partial charge in [0.25, 0.3) is 0 Å². The zero-order valence-electron chi connectivity index (χ0n) is 29.1. The van der Waals surface area contributed by atoms with Gasteiger partial charge in [0.1, 0.15) is 6.04 Å². The van der Waals surface area contributed by atoms with Gasteiger partial charge in [0.2, 0.25) is 15.9 Å². The number of aromatic nitrogens is 2. The number of alkyl carbamates (subject to hydrolysis) is 1. The second-order valence-electron chi connectivity index (χ2n) is 12.5. The Morgan fingerprint density at radius 2 is 1.61 bits per heavy atom. The average molecular weight is 780 g/mol. The molecule has 0 aliphatic carbocycles. The van der Waals surface area contributed by atoms with Crippen molar-refractivity contribution in [3.05, 3.63) is 153 Å². The fraction of sp³-hybridized carbons (Fsp3) is 0.175. The molecule has 11 nitrogen and oxygen atoms in total. The Kier molecular flexibility index (Phi) is 11.2. The second-order valence-corrected chi connectivity index (χ2v) is 16.5. The van der Waals surface area contributed by atoms with E-state index in [1.807, 2.05) is 91.0 Å². The first-order chi connectivity index (χ1) is 26.2. The number of hydrogen-bond donors (Lipinski definition) is 4. The van der Waals surface area contributed by atoms with Crippen LogP contribution in [0.25, 0.3) is 21.1 Å². The average Bonchev–Trinajstić information content (AvgIpc) is 3.97. The van der Waals surface area contributed by atoms with E-state index in [2.05, 4.69) is 20.6 Å². The van der Waals surface area contributed by atoms with Gasteiger partial charge in [0.05, 0.1) is 53.5 Å². The molecule has 0 radical (unpaired) electrons. The summed E-state index contributed by atoms with van der Waals surface area (Å²) >= 11 is 2.71. The summed E-state index contributed by atoms with van der Waals surface area (Å²) in [5.41, 5.74) is 5.42. The molecule has 3 aromatic heterocycles. The molecule has 7 rings (SSSR count). The van der Waals surface area contributed by atoms with E-state index in [-0.39, 0.29) is 18.0 Å². The molecule has 14 heteroatoms. The van der Waals surface area contributed by atoms with Crippen molar-refractivity contribution in [2.75, 3.05) is 13.7 Å². The van der Waals surface area contributed by atoms with Crippen molar-refractivity contribution in [3.8, 4) is 0 Å². The molecule has 4 aromatic carbocycles. The summed E-state index contributed by atoms with van der Waals surface area (Å²) in [6.45, 7) is -0.444. The van der Waals surface area contributed by atoms with Gasteiger partial charge in [-0.15, -0.1) is 22.7 Å². The number of aliphatic hydroxyl groups excluding tert-OH is 1. The number of fused-ring (bicyclic) bond motifs is 2. The first-order valence-corrected chi connectivity index (χ1v) is 20.2. The summed E-state index contributed by atoms with van der Waals surface area (Å²) in [6.07, 6.45) is -0.749. The smallest absolute Gasteiger partial charge is 0.407 e. The van der Waals surface area contributed by atoms with Crippen LogP contribution < -0.4 is 10.6 Å². The van der Waals surface area contributed by atoms with Crippen LogP contribution in [0.5, 0.6) is 0 Å². The van der Waals surface area contributed by atoms with E-state index >= 15 is 0 Å². The normalized spacial score (nSPS) is 13.0. The van der Waals surface area contributed by atoms with E-state index in [4.69, 9.17) is 4.74 Å². The molecule has 0 saturated heterocycles. The van der Waals surface area contributed by atoms with E-state index in [1.54, 1.807) is 35.8 Å². The largest absolute Gasteiger partial charge is 0.453 e. The Bertz CT molecular complexity index is 2410. The Morgan fingerprint density at radius 1 is 0.907 bits per heavy atom. The SMILES string of the molecule is COC(=O)NC(C(=O)NCc1ccc(C(CO)N(Cc2cc3ccccc3[nH]2)S(=O)(=O)c2ccc3scnc3c2)s1)C(c1ccccc1)c1ccccc1. The Labute approximate surface area is 320 Å². The number of carbonyl (C=O) groups excluding carboxylic acids is 2. The zero-order chi connectivity index (χ0) is 37.7. The maximum atomic E-state index is 14.5. The summed E-state index contributed by atoms with van der Waals surface area (Å²) in [6, 6.07) is 34.9. The number of rotatable bonds is 14. The number of H-pyrrole nitrogens is 1. The third kappa shape index (κ3) is 7.93. The van der Waals surface area contributed by atoms with Crippen LogP contribution in [0.1, 0.15) is 38.5 Å². The quantitative estimate of drug-likeness (QED) is 0.0934. The monoisotopic (exact) mass is 779 g/mol. The molecule has 2 atom stereocenters. The lowest BCUT2D eigenvalue weighted by Crippen LogP contribution is -2.50. The molecule has 0 aliphatic rings. The van der Waals surface area contributed by atoms with Crippen molar-refractivity contribution in [3.63, 3.8) is 0 Å². The number of methoxy groups -OCH3 is 1. The minimum absolute atomic E-state index is 0.0391. The van der Waals surface area contributed by atoms with Gasteiger partial charge in [-0.3, -0.25) is 4.79 Å². The first kappa shape index (κ1) is 37.0. The molecular weight excluding hydrogens is 743 g/mol. The Hall–Kier alpha value is -5.38. The summed E-state index contributed by atoms with van der Waals surface area (Å²) in [4.78, 5) is 35.6. The Morgan fingerprint density at radius 3 is 2.30 bits per heavy atom. The van der Waals surface area contributed by atoms with Crippen LogP contribution in [0.3, 0.4) is 0 Å². The summed E-state index contributed by atoms with van der Waals surface area (Å²) in [5, 5.41) is 17.5. The third-order valence-electron chi connectivity index (χ3n) is 9.18. The molecule has 54 heavy (non-hydrogen) atoms. The zero-order valence-corrected chi connectivity index (χ0v) is 31.5. The second kappa shape index (κ2) is 16.3. The third-order valence-corrected chi connectivity index (χ3v) is 13.0. The fourth-order valence-corrected chi connectivity index (χ4v) is 9.92. The van der Waals surface area contributed by atoms with Crippen LogP contribution in [-0.2, 0) is 32.6 Å². The number of carbonyl (C=O) groups is 2. The molecular formula is C40H37N5O6S3. The van der Waals surface area contributed by atoms with Crippen LogP contribution in [0.4, 0.5) is 4.79 Å². The number of benzene rings is 4. The molecule has 0 spiro atoms. The molecule has 3 heterocycles. The van der Waals surface area contributed by atoms with Crippen molar-refractivity contribution in [2.45, 2.75) is 36.0 Å². The standard InChI is InChI=1S/C40H37N5O6S3/c1-51-40(48)44-38(37(26-10-4-2-5-11-26)27-12-6-3-7-13-27)39(47)41-22-30-16-18-36(53-30)34(24-46)45(23-29-20-28-14-8-9-15-32(28)43-29)54(49,50)31-17-19-35-33(21-31)42-25-52-35/h2-21,25,34,37-38,43,46H,22-24H2,1H3,(H,41,47)(H,44,48). The summed E-state index contributed by atoms with van der Waals surface area (Å²) < 4.78 is 36.0. The summed E-state index contributed by atoms with van der Waals surface area (Å²) in [5.74, 6) is -0.969. The van der Waals surface area contributed by atoms with Gasteiger partial charge < -0.3 is 25.5 Å². The van der Waals surface area contributed by atoms with Crippen molar-refractivity contribution < 1.29 is 27.9 Å². The highest BCUT2D eigenvalue weighted by atomic mass is 32.2. The molecule has 0 saturated carbocycles. The Balaban J connectivity index is 1.17. The van der Waals surface area contributed by atoms with Gasteiger partial charge in [0.15, 0.2) is 0 Å². The number of nitrogens with one attached hydrogen (secondary N) is 3. The number of para-hydroxylation sites is 1. The highest BCUT2D eigenvalue weighted by Gasteiger charge is 2.35. The van der Waals surface area contributed by atoms with Crippen LogP contribution in [0, 0.1) is 0 Å². The number of thiazole rings is 1. The molecule has 0 fully saturated rings. The van der Waals surface area contributed by atoms with Crippen molar-refractivity contribution in [2.24, 2.45) is 0 Å². The molecule has 4 N–H and O–H groups in total. The minimum Gasteiger partial charge on any atom is -0.453 e. The van der Waals surface area contributed by atoms with E-state index in [0.717, 1.165) is 31.6 Å². The highest BCUT2D eigenvalue weighted by Crippen LogP contribution is 2.35. The molecule has 2 amide bonds. The lowest BCUT2D eigenvalue weighted by molar-refractivity contribution is -0.123. The van der Waals surface area contributed by atoms with E-state index in [0.29, 0.717) is 16.1 Å². The van der Waals surface area contributed by atoms with E-state index in [9.17, 15) is 23.1 Å². The first-order valence-electron chi connectivity index (χ1n) is 17.1. The van der Waals surface area contributed by atoms with Crippen molar-refractivity contribution in [1.29, 1.82) is 0 Å². The van der Waals surface area contributed by atoms with Gasteiger partial charge in [-0.1, -0.05) is 78.9 Å². The van der Waals surface area contributed by atoms with Gasteiger partial charge in [0, 0.05) is 26.9 Å². The molecule has 276 valence electrons. The van der Waals surface area contributed by atoms with Crippen LogP contribution in [-0.4, -0.2) is 59.6 Å². The molecule has 7 aromatic rings. The maximum Gasteiger partial charge on any atom is 0.407 e. The lowest BCUT2D eigenvalue weighted by atomic mass is 9.84. The molecule has 2 unspecified atom stereocenters. The van der Waals surface area contributed by atoms with Gasteiger partial charge in [-0.25, -0.2) is 18.2 Å². The number of hydrogen-bond acceptors (Lipinski definition) is 9. The van der Waals surface area contributed by atoms with Crippen LogP contribution in [0.2, 0.25) is 0 Å². The van der Waals surface area contributed by atoms with Crippen molar-refractivity contribution >= 4 is 65.8 Å². The number of thiophene rings is 1. The van der Waals surface area contributed by atoms with Crippen LogP contribution >= 0.6 is 22.7 Å². The maximum absolute atomic E-state index is 14.5. The van der Waals surface area contributed by atoms with Gasteiger partial charge in [-0.2, -0.15) is 4.31 Å². The van der Waals surface area contributed by atoms with E-state index in [1.165, 1.54) is 34.1 Å². The highest BCUT2D eigenvalue weighted by molar-refractivity contribution is 7.89. The number of nitrogens with zero attached hydrogens (tertiary/aromatic N) is 2. The molecule has 0 bridgehead atoms. The predicted octanol–water partition coefficient (Wildman–Crippen LogP) is 6.94. The minimum atomic E-state index is -4.17. The lowest BCUT2D eigenvalue weighted by Gasteiger charge is -2.29. The fourth-order valence-electron chi connectivity index (χ4n) is 6.54. The van der Waals surface area contributed by atoms with Crippen LogP contribution in [0.15, 0.2) is 132 Å². The summed E-state index contributed by atoms with van der Waals surface area (Å²) in [7, 11) is -2.92. The van der Waals surface area contributed by atoms with E-state index < -0.39 is 46.6 Å². The van der Waals surface area contributed by atoms with Gasteiger partial charge in [-0.05, 0) is 59.0 Å². The number of aliphatic hydroxyl groups is 1. The number of aromatic amines is 1.